The van der Waals surface area contributed by atoms with Gasteiger partial charge in [-0.25, -0.2) is 0 Å². The largest absolute Gasteiger partial charge is 0.507 e. The normalized spacial score (nSPS) is 17.9. The number of Topliss-reactive ketones (excluding diaryl/α,β-unsaturated/α-hetero) is 1. The molecular formula is C24H22N2O5. The second-order valence-corrected chi connectivity index (χ2v) is 7.20. The number of ether oxygens (including phenoxy) is 1. The Bertz CT molecular complexity index is 1150. The fraction of sp³-hybridized carbons (Fsp3) is 0.208. The van der Waals surface area contributed by atoms with Crippen LogP contribution in [0.1, 0.15) is 35.6 Å². The number of carbonyl (C=O) groups is 2. The van der Waals surface area contributed by atoms with Crippen LogP contribution in [0.3, 0.4) is 0 Å². The lowest BCUT2D eigenvalue weighted by molar-refractivity contribution is -0.140. The van der Waals surface area contributed by atoms with Crippen LogP contribution in [0, 0.1) is 6.92 Å². The van der Waals surface area contributed by atoms with E-state index in [2.05, 4.69) is 4.98 Å². The standard InChI is InChI=1S/C24H22N2O5/c1-3-30-18-8-4-7-17(12-18)22(27)20-21(19-10-9-15(2)31-19)26(24(29)23(20)28)14-16-6-5-11-25-13-16/h4-13,21,27H,3,14H2,1-2H3/b22-20-. The number of aromatic nitrogens is 1. The predicted octanol–water partition coefficient (Wildman–Crippen LogP) is 4.00. The zero-order chi connectivity index (χ0) is 22.0. The number of ketones is 1. The van der Waals surface area contributed by atoms with Crippen molar-refractivity contribution in [3.63, 3.8) is 0 Å². The molecule has 7 heteroatoms. The molecule has 0 radical (unpaired) electrons. The fourth-order valence-corrected chi connectivity index (χ4v) is 3.68. The fourth-order valence-electron chi connectivity index (χ4n) is 3.68. The lowest BCUT2D eigenvalue weighted by atomic mass is 9.99. The summed E-state index contributed by atoms with van der Waals surface area (Å²) in [4.78, 5) is 31.5. The maximum absolute atomic E-state index is 13.0. The molecule has 3 heterocycles. The third kappa shape index (κ3) is 3.94. The van der Waals surface area contributed by atoms with E-state index in [1.807, 2.05) is 13.0 Å². The van der Waals surface area contributed by atoms with Crippen molar-refractivity contribution in [1.82, 2.24) is 9.88 Å². The monoisotopic (exact) mass is 418 g/mol. The SMILES string of the molecule is CCOc1cccc(/C(O)=C2/C(=O)C(=O)N(Cc3cccnc3)C2c2ccc(C)o2)c1. The van der Waals surface area contributed by atoms with Crippen molar-refractivity contribution >= 4 is 17.4 Å². The summed E-state index contributed by atoms with van der Waals surface area (Å²) in [5, 5.41) is 11.1. The van der Waals surface area contributed by atoms with Gasteiger partial charge in [-0.05, 0) is 49.7 Å². The molecule has 0 spiro atoms. The van der Waals surface area contributed by atoms with E-state index in [-0.39, 0.29) is 17.9 Å². The van der Waals surface area contributed by atoms with Crippen molar-refractivity contribution in [2.24, 2.45) is 0 Å². The maximum atomic E-state index is 13.0. The van der Waals surface area contributed by atoms with Crippen LogP contribution >= 0.6 is 0 Å². The first-order valence-corrected chi connectivity index (χ1v) is 9.96. The Balaban J connectivity index is 1.83. The molecule has 1 unspecified atom stereocenters. The number of rotatable bonds is 6. The number of aliphatic hydroxyl groups is 1. The topological polar surface area (TPSA) is 92.9 Å². The van der Waals surface area contributed by atoms with Gasteiger partial charge in [0.05, 0.1) is 12.2 Å². The zero-order valence-corrected chi connectivity index (χ0v) is 17.2. The van der Waals surface area contributed by atoms with Crippen LogP contribution in [0.2, 0.25) is 0 Å². The lowest BCUT2D eigenvalue weighted by Gasteiger charge is -2.23. The van der Waals surface area contributed by atoms with E-state index >= 15 is 0 Å². The summed E-state index contributed by atoms with van der Waals surface area (Å²) in [6.07, 6.45) is 3.27. The summed E-state index contributed by atoms with van der Waals surface area (Å²) in [5.74, 6) is -0.134. The van der Waals surface area contributed by atoms with Crippen LogP contribution < -0.4 is 4.74 Å². The zero-order valence-electron chi connectivity index (χ0n) is 17.2. The Morgan fingerprint density at radius 3 is 2.71 bits per heavy atom. The summed E-state index contributed by atoms with van der Waals surface area (Å²) in [6, 6.07) is 13.0. The van der Waals surface area contributed by atoms with E-state index in [0.29, 0.717) is 29.4 Å². The third-order valence-corrected chi connectivity index (χ3v) is 5.06. The Labute approximate surface area is 179 Å². The van der Waals surface area contributed by atoms with Gasteiger partial charge >= 0.3 is 0 Å². The molecule has 158 valence electrons. The van der Waals surface area contributed by atoms with Crippen LogP contribution in [0.25, 0.3) is 5.76 Å². The summed E-state index contributed by atoms with van der Waals surface area (Å²) in [7, 11) is 0. The average molecular weight is 418 g/mol. The van der Waals surface area contributed by atoms with Crippen molar-refractivity contribution in [2.45, 2.75) is 26.4 Å². The van der Waals surface area contributed by atoms with Gasteiger partial charge < -0.3 is 19.2 Å². The molecule has 0 saturated carbocycles. The summed E-state index contributed by atoms with van der Waals surface area (Å²) >= 11 is 0. The first-order valence-electron chi connectivity index (χ1n) is 9.96. The van der Waals surface area contributed by atoms with Gasteiger partial charge in [-0.15, -0.1) is 0 Å². The highest BCUT2D eigenvalue weighted by Crippen LogP contribution is 2.41. The predicted molar refractivity (Wildman–Crippen MR) is 113 cm³/mol. The molecule has 1 aromatic carbocycles. The maximum Gasteiger partial charge on any atom is 0.296 e. The van der Waals surface area contributed by atoms with Crippen molar-refractivity contribution in [3.8, 4) is 5.75 Å². The summed E-state index contributed by atoms with van der Waals surface area (Å²) < 4.78 is 11.3. The molecule has 1 fully saturated rings. The van der Waals surface area contributed by atoms with E-state index in [1.165, 1.54) is 4.90 Å². The minimum atomic E-state index is -0.857. The molecular weight excluding hydrogens is 396 g/mol. The molecule has 1 aliphatic rings. The van der Waals surface area contributed by atoms with E-state index in [1.54, 1.807) is 61.8 Å². The van der Waals surface area contributed by atoms with Crippen molar-refractivity contribution in [2.75, 3.05) is 6.61 Å². The van der Waals surface area contributed by atoms with Gasteiger partial charge in [-0.2, -0.15) is 0 Å². The third-order valence-electron chi connectivity index (χ3n) is 5.06. The van der Waals surface area contributed by atoms with Crippen molar-refractivity contribution < 1.29 is 23.8 Å². The molecule has 1 saturated heterocycles. The number of hydrogen-bond acceptors (Lipinski definition) is 6. The molecule has 7 nitrogen and oxygen atoms in total. The van der Waals surface area contributed by atoms with Crippen LogP contribution in [0.4, 0.5) is 0 Å². The molecule has 1 amide bonds. The van der Waals surface area contributed by atoms with Gasteiger partial charge in [0, 0.05) is 24.5 Å². The molecule has 31 heavy (non-hydrogen) atoms. The van der Waals surface area contributed by atoms with E-state index in [9.17, 15) is 14.7 Å². The number of nitrogens with zero attached hydrogens (tertiary/aromatic N) is 2. The van der Waals surface area contributed by atoms with E-state index in [4.69, 9.17) is 9.15 Å². The van der Waals surface area contributed by atoms with Gasteiger partial charge in [0.2, 0.25) is 0 Å². The quantitative estimate of drug-likeness (QED) is 0.369. The first kappa shape index (κ1) is 20.4. The van der Waals surface area contributed by atoms with Crippen molar-refractivity contribution in [1.29, 1.82) is 0 Å². The van der Waals surface area contributed by atoms with Gasteiger partial charge in [0.15, 0.2) is 0 Å². The summed E-state index contributed by atoms with van der Waals surface area (Å²) in [5.41, 5.74) is 1.13. The second-order valence-electron chi connectivity index (χ2n) is 7.20. The Morgan fingerprint density at radius 1 is 1.19 bits per heavy atom. The van der Waals surface area contributed by atoms with Gasteiger partial charge in [-0.1, -0.05) is 18.2 Å². The van der Waals surface area contributed by atoms with E-state index in [0.717, 1.165) is 5.56 Å². The highest BCUT2D eigenvalue weighted by molar-refractivity contribution is 6.46. The number of aliphatic hydroxyl groups excluding tert-OH is 1. The highest BCUT2D eigenvalue weighted by atomic mass is 16.5. The molecule has 1 atom stereocenters. The minimum absolute atomic E-state index is 0.0168. The first-order chi connectivity index (χ1) is 15.0. The molecule has 3 aromatic rings. The van der Waals surface area contributed by atoms with Gasteiger partial charge in [0.25, 0.3) is 11.7 Å². The lowest BCUT2D eigenvalue weighted by Crippen LogP contribution is -2.29. The number of aryl methyl sites for hydroxylation is 1. The number of likely N-dealkylation sites (tertiary alicyclic amines) is 1. The number of benzene rings is 1. The van der Waals surface area contributed by atoms with Gasteiger partial charge in [0.1, 0.15) is 29.1 Å². The smallest absolute Gasteiger partial charge is 0.296 e. The number of pyridine rings is 1. The number of carbonyl (C=O) groups excluding carboxylic acids is 2. The van der Waals surface area contributed by atoms with Crippen LogP contribution in [0.15, 0.2) is 70.9 Å². The number of amides is 1. The molecule has 2 aromatic heterocycles. The Kier molecular flexibility index (Phi) is 5.58. The number of hydrogen-bond donors (Lipinski definition) is 1. The molecule has 0 bridgehead atoms. The van der Waals surface area contributed by atoms with Crippen LogP contribution in [-0.4, -0.2) is 33.3 Å². The van der Waals surface area contributed by atoms with Crippen molar-refractivity contribution in [3.05, 3.63) is 89.1 Å². The highest BCUT2D eigenvalue weighted by Gasteiger charge is 2.47. The number of furan rings is 1. The minimum Gasteiger partial charge on any atom is -0.507 e. The second kappa shape index (κ2) is 8.47. The molecule has 4 rings (SSSR count). The van der Waals surface area contributed by atoms with Gasteiger partial charge in [-0.3, -0.25) is 14.6 Å². The van der Waals surface area contributed by atoms with E-state index < -0.39 is 17.7 Å². The Hall–Kier alpha value is -3.87. The molecule has 1 N–H and O–H groups in total. The summed E-state index contributed by atoms with van der Waals surface area (Å²) in [6.45, 7) is 4.25. The Morgan fingerprint density at radius 2 is 2.03 bits per heavy atom. The van der Waals surface area contributed by atoms with Crippen LogP contribution in [0.5, 0.6) is 5.75 Å². The molecule has 0 aliphatic carbocycles. The van der Waals surface area contributed by atoms with Crippen LogP contribution in [-0.2, 0) is 16.1 Å². The average Bonchev–Trinajstić information content (AvgIpc) is 3.31. The molecule has 1 aliphatic heterocycles.